The Morgan fingerprint density at radius 3 is 2.59 bits per heavy atom. The molecule has 0 atom stereocenters. The summed E-state index contributed by atoms with van der Waals surface area (Å²) in [5, 5.41) is 3.56. The van der Waals surface area contributed by atoms with Crippen molar-refractivity contribution in [2.45, 2.75) is 38.6 Å². The molecule has 0 fully saturated rings. The summed E-state index contributed by atoms with van der Waals surface area (Å²) < 4.78 is 31.3. The van der Waals surface area contributed by atoms with Crippen LogP contribution in [0.5, 0.6) is 5.75 Å². The van der Waals surface area contributed by atoms with E-state index in [0.717, 1.165) is 37.8 Å². The summed E-state index contributed by atoms with van der Waals surface area (Å²) in [5.41, 5.74) is 0.561. The zero-order valence-corrected chi connectivity index (χ0v) is 20.0. The second-order valence-electron chi connectivity index (χ2n) is 7.46. The first-order chi connectivity index (χ1) is 16.4. The van der Waals surface area contributed by atoms with Crippen molar-refractivity contribution in [2.24, 2.45) is 0 Å². The van der Waals surface area contributed by atoms with Crippen molar-refractivity contribution in [1.82, 2.24) is 14.5 Å². The SMILES string of the molecule is CCN(CC)CCCn1c(SCC(=O)Nc2ccccc2OC(F)F)nc2ccccc2c1=O. The largest absolute Gasteiger partial charge is 0.433 e. The molecule has 0 unspecified atom stereocenters. The summed E-state index contributed by atoms with van der Waals surface area (Å²) in [4.78, 5) is 32.6. The Labute approximate surface area is 201 Å². The van der Waals surface area contributed by atoms with Gasteiger partial charge >= 0.3 is 6.61 Å². The number of carbonyl (C=O) groups excluding carboxylic acids is 1. The zero-order valence-electron chi connectivity index (χ0n) is 19.2. The molecular weight excluding hydrogens is 462 g/mol. The highest BCUT2D eigenvalue weighted by Crippen LogP contribution is 2.26. The third-order valence-corrected chi connectivity index (χ3v) is 6.26. The van der Waals surface area contributed by atoms with Gasteiger partial charge < -0.3 is 15.0 Å². The highest BCUT2D eigenvalue weighted by Gasteiger charge is 2.15. The maximum atomic E-state index is 13.2. The minimum absolute atomic E-state index is 0.0517. The predicted molar refractivity (Wildman–Crippen MR) is 131 cm³/mol. The molecule has 0 spiro atoms. The van der Waals surface area contributed by atoms with Crippen molar-refractivity contribution in [2.75, 3.05) is 30.7 Å². The monoisotopic (exact) mass is 490 g/mol. The second-order valence-corrected chi connectivity index (χ2v) is 8.40. The van der Waals surface area contributed by atoms with Crippen LogP contribution in [0.3, 0.4) is 0 Å². The highest BCUT2D eigenvalue weighted by atomic mass is 32.2. The van der Waals surface area contributed by atoms with Crippen LogP contribution in [0, 0.1) is 0 Å². The first kappa shape index (κ1) is 25.6. The van der Waals surface area contributed by atoms with Crippen LogP contribution < -0.4 is 15.6 Å². The van der Waals surface area contributed by atoms with E-state index in [1.165, 1.54) is 18.2 Å². The molecule has 0 bridgehead atoms. The molecular formula is C24H28F2N4O3S. The number of rotatable bonds is 12. The van der Waals surface area contributed by atoms with Crippen molar-refractivity contribution in [3.63, 3.8) is 0 Å². The number of amides is 1. The standard InChI is InChI=1S/C24H28F2N4O3S/c1-3-29(4-2)14-9-15-30-22(32)17-10-5-6-11-18(17)28-24(30)34-16-21(31)27-19-12-7-8-13-20(19)33-23(25)26/h5-8,10-13,23H,3-4,9,14-16H2,1-2H3,(H,27,31). The Hall–Kier alpha value is -2.98. The van der Waals surface area contributed by atoms with Crippen molar-refractivity contribution in [1.29, 1.82) is 0 Å². The Bertz CT molecular complexity index is 1170. The summed E-state index contributed by atoms with van der Waals surface area (Å²) in [5.74, 6) is -0.593. The number of nitrogens with one attached hydrogen (secondary N) is 1. The van der Waals surface area contributed by atoms with Crippen LogP contribution >= 0.6 is 11.8 Å². The van der Waals surface area contributed by atoms with Crippen molar-refractivity contribution >= 4 is 34.3 Å². The minimum Gasteiger partial charge on any atom is -0.433 e. The zero-order chi connectivity index (χ0) is 24.5. The minimum atomic E-state index is -3.00. The number of nitrogens with zero attached hydrogens (tertiary/aromatic N) is 3. The van der Waals surface area contributed by atoms with Gasteiger partial charge in [-0.05, 0) is 50.3 Å². The average molecular weight is 491 g/mol. The Balaban J connectivity index is 1.76. The number of hydrogen-bond acceptors (Lipinski definition) is 6. The molecule has 0 aliphatic rings. The maximum Gasteiger partial charge on any atom is 0.387 e. The van der Waals surface area contributed by atoms with Gasteiger partial charge in [0.1, 0.15) is 5.75 Å². The summed E-state index contributed by atoms with van der Waals surface area (Å²) in [6.07, 6.45) is 0.764. The quantitative estimate of drug-likeness (QED) is 0.298. The van der Waals surface area contributed by atoms with Crippen molar-refractivity contribution < 1.29 is 18.3 Å². The molecule has 10 heteroatoms. The number of thioether (sulfide) groups is 1. The third-order valence-electron chi connectivity index (χ3n) is 5.29. The number of ether oxygens (including phenoxy) is 1. The lowest BCUT2D eigenvalue weighted by Gasteiger charge is -2.19. The molecule has 0 aliphatic carbocycles. The average Bonchev–Trinajstić information content (AvgIpc) is 2.83. The molecule has 1 N–H and O–H groups in total. The van der Waals surface area contributed by atoms with Gasteiger partial charge in [0, 0.05) is 6.54 Å². The molecule has 0 radical (unpaired) electrons. The van der Waals surface area contributed by atoms with Gasteiger partial charge in [0.15, 0.2) is 5.16 Å². The van der Waals surface area contributed by atoms with Crippen LogP contribution in [0.1, 0.15) is 20.3 Å². The number of alkyl halides is 2. The van der Waals surface area contributed by atoms with Gasteiger partial charge in [0.25, 0.3) is 5.56 Å². The molecule has 2 aromatic carbocycles. The topological polar surface area (TPSA) is 76.5 Å². The molecule has 1 aromatic heterocycles. The number of benzene rings is 2. The molecule has 0 saturated heterocycles. The van der Waals surface area contributed by atoms with E-state index in [-0.39, 0.29) is 22.7 Å². The van der Waals surface area contributed by atoms with E-state index < -0.39 is 12.5 Å². The lowest BCUT2D eigenvalue weighted by atomic mass is 10.2. The Morgan fingerprint density at radius 1 is 1.15 bits per heavy atom. The lowest BCUT2D eigenvalue weighted by Crippen LogP contribution is -2.28. The van der Waals surface area contributed by atoms with E-state index in [1.807, 2.05) is 0 Å². The van der Waals surface area contributed by atoms with E-state index in [1.54, 1.807) is 34.9 Å². The fourth-order valence-electron chi connectivity index (χ4n) is 3.53. The van der Waals surface area contributed by atoms with Gasteiger partial charge in [-0.25, -0.2) is 4.98 Å². The fourth-order valence-corrected chi connectivity index (χ4v) is 4.36. The van der Waals surface area contributed by atoms with Gasteiger partial charge in [-0.1, -0.05) is 49.9 Å². The van der Waals surface area contributed by atoms with Gasteiger partial charge in [-0.2, -0.15) is 8.78 Å². The molecule has 3 rings (SSSR count). The van der Waals surface area contributed by atoms with E-state index in [0.29, 0.717) is 22.6 Å². The summed E-state index contributed by atoms with van der Waals surface area (Å²) in [6, 6.07) is 13.1. The number of fused-ring (bicyclic) bond motifs is 1. The predicted octanol–water partition coefficient (Wildman–Crippen LogP) is 4.46. The van der Waals surface area contributed by atoms with Crippen LogP contribution in [-0.2, 0) is 11.3 Å². The molecule has 182 valence electrons. The van der Waals surface area contributed by atoms with Crippen LogP contribution in [0.2, 0.25) is 0 Å². The first-order valence-electron chi connectivity index (χ1n) is 11.1. The van der Waals surface area contributed by atoms with E-state index in [2.05, 4.69) is 33.8 Å². The number of anilines is 1. The smallest absolute Gasteiger partial charge is 0.387 e. The molecule has 1 heterocycles. The summed E-state index contributed by atoms with van der Waals surface area (Å²) in [6.45, 7) is 4.37. The van der Waals surface area contributed by atoms with Gasteiger partial charge in [-0.3, -0.25) is 14.2 Å². The van der Waals surface area contributed by atoms with Crippen LogP contribution in [0.25, 0.3) is 10.9 Å². The fraction of sp³-hybridized carbons (Fsp3) is 0.375. The van der Waals surface area contributed by atoms with Gasteiger partial charge in [-0.15, -0.1) is 0 Å². The van der Waals surface area contributed by atoms with E-state index in [4.69, 9.17) is 0 Å². The number of halogens is 2. The first-order valence-corrected chi connectivity index (χ1v) is 12.1. The van der Waals surface area contributed by atoms with E-state index >= 15 is 0 Å². The number of para-hydroxylation sites is 3. The Morgan fingerprint density at radius 2 is 1.85 bits per heavy atom. The van der Waals surface area contributed by atoms with E-state index in [9.17, 15) is 18.4 Å². The third kappa shape index (κ3) is 6.77. The molecule has 0 aliphatic heterocycles. The van der Waals surface area contributed by atoms with Crippen LogP contribution in [-0.4, -0.2) is 52.4 Å². The molecule has 3 aromatic rings. The molecule has 7 nitrogen and oxygen atoms in total. The van der Waals surface area contributed by atoms with Gasteiger partial charge in [0.2, 0.25) is 5.91 Å². The van der Waals surface area contributed by atoms with Crippen LogP contribution in [0.15, 0.2) is 58.5 Å². The number of carbonyl (C=O) groups is 1. The number of aromatic nitrogens is 2. The van der Waals surface area contributed by atoms with Crippen molar-refractivity contribution in [3.05, 3.63) is 58.9 Å². The second kappa shape index (κ2) is 12.5. The van der Waals surface area contributed by atoms with Crippen LogP contribution in [0.4, 0.5) is 14.5 Å². The molecule has 34 heavy (non-hydrogen) atoms. The van der Waals surface area contributed by atoms with Gasteiger partial charge in [0.05, 0.1) is 22.3 Å². The lowest BCUT2D eigenvalue weighted by molar-refractivity contribution is -0.113. The molecule has 0 saturated carbocycles. The summed E-state index contributed by atoms with van der Waals surface area (Å²) in [7, 11) is 0. The summed E-state index contributed by atoms with van der Waals surface area (Å²) >= 11 is 1.13. The normalized spacial score (nSPS) is 11.4. The molecule has 1 amide bonds. The number of hydrogen-bond donors (Lipinski definition) is 1. The highest BCUT2D eigenvalue weighted by molar-refractivity contribution is 7.99. The Kier molecular flexibility index (Phi) is 9.41. The maximum absolute atomic E-state index is 13.2. The van der Waals surface area contributed by atoms with Crippen molar-refractivity contribution in [3.8, 4) is 5.75 Å².